The number of hydrogen-bond acceptors (Lipinski definition) is 3. The van der Waals surface area contributed by atoms with Crippen LogP contribution in [0.15, 0.2) is 0 Å². The second-order valence-electron chi connectivity index (χ2n) is 3.30. The van der Waals surface area contributed by atoms with Gasteiger partial charge in [0.05, 0.1) is 11.2 Å². The summed E-state index contributed by atoms with van der Waals surface area (Å²) in [5, 5.41) is 8.17. The lowest BCUT2D eigenvalue weighted by atomic mass is 10.1. The van der Waals surface area contributed by atoms with Crippen LogP contribution in [0, 0.1) is 5.92 Å². The third-order valence-electron chi connectivity index (χ3n) is 2.34. The van der Waals surface area contributed by atoms with Gasteiger partial charge in [0.2, 0.25) is 0 Å². The SMILES string of the molecule is CS(=O)(=O)C1CCC(C(=O)O)C1. The summed E-state index contributed by atoms with van der Waals surface area (Å²) in [6, 6.07) is 0. The van der Waals surface area contributed by atoms with Crippen molar-refractivity contribution in [3.8, 4) is 0 Å². The molecule has 5 heteroatoms. The smallest absolute Gasteiger partial charge is 0.306 e. The van der Waals surface area contributed by atoms with E-state index in [4.69, 9.17) is 5.11 Å². The monoisotopic (exact) mass is 192 g/mol. The van der Waals surface area contributed by atoms with Gasteiger partial charge in [0.15, 0.2) is 0 Å². The quantitative estimate of drug-likeness (QED) is 0.682. The van der Waals surface area contributed by atoms with Crippen LogP contribution in [0.5, 0.6) is 0 Å². The second-order valence-corrected chi connectivity index (χ2v) is 5.63. The summed E-state index contributed by atoms with van der Waals surface area (Å²) >= 11 is 0. The maximum absolute atomic E-state index is 11.0. The zero-order valence-corrected chi connectivity index (χ0v) is 7.67. The number of rotatable bonds is 2. The van der Waals surface area contributed by atoms with Crippen LogP contribution in [-0.2, 0) is 14.6 Å². The Labute approximate surface area is 71.5 Å². The molecule has 0 aromatic rings. The van der Waals surface area contributed by atoms with Gasteiger partial charge < -0.3 is 5.11 Å². The van der Waals surface area contributed by atoms with Crippen LogP contribution in [-0.4, -0.2) is 31.0 Å². The molecular formula is C7H12O4S. The fourth-order valence-corrected chi connectivity index (χ4v) is 2.70. The first kappa shape index (κ1) is 9.51. The highest BCUT2D eigenvalue weighted by atomic mass is 32.2. The van der Waals surface area contributed by atoms with Gasteiger partial charge in [-0.15, -0.1) is 0 Å². The zero-order chi connectivity index (χ0) is 9.35. The number of carboxylic acids is 1. The Hall–Kier alpha value is -0.580. The summed E-state index contributed by atoms with van der Waals surface area (Å²) < 4.78 is 22.0. The molecule has 0 saturated heterocycles. The zero-order valence-electron chi connectivity index (χ0n) is 6.86. The molecule has 0 aromatic heterocycles. The first-order valence-electron chi connectivity index (χ1n) is 3.83. The summed E-state index contributed by atoms with van der Waals surface area (Å²) in [6.45, 7) is 0. The third-order valence-corrected chi connectivity index (χ3v) is 3.98. The van der Waals surface area contributed by atoms with Gasteiger partial charge in [-0.05, 0) is 19.3 Å². The van der Waals surface area contributed by atoms with Gasteiger partial charge in [0.1, 0.15) is 9.84 Å². The normalized spacial score (nSPS) is 30.4. The summed E-state index contributed by atoms with van der Waals surface area (Å²) in [5.74, 6) is -1.33. The van der Waals surface area contributed by atoms with Crippen molar-refractivity contribution in [3.63, 3.8) is 0 Å². The van der Waals surface area contributed by atoms with E-state index in [2.05, 4.69) is 0 Å². The summed E-state index contributed by atoms with van der Waals surface area (Å²) in [7, 11) is -3.03. The Morgan fingerprint density at radius 1 is 1.42 bits per heavy atom. The highest BCUT2D eigenvalue weighted by molar-refractivity contribution is 7.91. The van der Waals surface area contributed by atoms with Crippen LogP contribution in [0.2, 0.25) is 0 Å². The minimum atomic E-state index is -3.03. The average Bonchev–Trinajstić information content (AvgIpc) is 2.30. The Balaban J connectivity index is 2.64. The molecule has 1 N–H and O–H groups in total. The summed E-state index contributed by atoms with van der Waals surface area (Å²) in [5.41, 5.74) is 0. The van der Waals surface area contributed by atoms with Crippen molar-refractivity contribution >= 4 is 15.8 Å². The lowest BCUT2D eigenvalue weighted by molar-refractivity contribution is -0.141. The van der Waals surface area contributed by atoms with E-state index < -0.39 is 27.0 Å². The van der Waals surface area contributed by atoms with Crippen molar-refractivity contribution in [2.45, 2.75) is 24.5 Å². The highest BCUT2D eigenvalue weighted by Gasteiger charge is 2.34. The first-order chi connectivity index (χ1) is 5.41. The molecular weight excluding hydrogens is 180 g/mol. The summed E-state index contributed by atoms with van der Waals surface area (Å²) in [6.07, 6.45) is 2.44. The Morgan fingerprint density at radius 2 is 2.00 bits per heavy atom. The van der Waals surface area contributed by atoms with Gasteiger partial charge in [-0.3, -0.25) is 4.79 Å². The maximum Gasteiger partial charge on any atom is 0.306 e. The predicted molar refractivity (Wildman–Crippen MR) is 43.6 cm³/mol. The molecule has 1 saturated carbocycles. The summed E-state index contributed by atoms with van der Waals surface area (Å²) in [4.78, 5) is 10.5. The standard InChI is InChI=1S/C7H12O4S/c1-12(10,11)6-3-2-5(4-6)7(8)9/h5-6H,2-4H2,1H3,(H,8,9). The molecule has 1 aliphatic carbocycles. The lowest BCUT2D eigenvalue weighted by Gasteiger charge is -2.05. The largest absolute Gasteiger partial charge is 0.481 e. The molecule has 0 amide bonds. The highest BCUT2D eigenvalue weighted by Crippen LogP contribution is 2.29. The van der Waals surface area contributed by atoms with Crippen molar-refractivity contribution in [3.05, 3.63) is 0 Å². The molecule has 0 spiro atoms. The second kappa shape index (κ2) is 3.05. The van der Waals surface area contributed by atoms with Crippen molar-refractivity contribution in [1.82, 2.24) is 0 Å². The average molecular weight is 192 g/mol. The fraction of sp³-hybridized carbons (Fsp3) is 0.857. The molecule has 2 unspecified atom stereocenters. The molecule has 0 aliphatic heterocycles. The van der Waals surface area contributed by atoms with Gasteiger partial charge in [0.25, 0.3) is 0 Å². The van der Waals surface area contributed by atoms with Gasteiger partial charge >= 0.3 is 5.97 Å². The topological polar surface area (TPSA) is 71.4 Å². The molecule has 1 aliphatic rings. The number of hydrogen-bond donors (Lipinski definition) is 1. The van der Waals surface area contributed by atoms with Crippen LogP contribution >= 0.6 is 0 Å². The Kier molecular flexibility index (Phi) is 2.41. The van der Waals surface area contributed by atoms with Crippen molar-refractivity contribution in [1.29, 1.82) is 0 Å². The predicted octanol–water partition coefficient (Wildman–Crippen LogP) is 0.284. The number of aliphatic carboxylic acids is 1. The van der Waals surface area contributed by atoms with Gasteiger partial charge in [-0.2, -0.15) is 0 Å². The van der Waals surface area contributed by atoms with Gasteiger partial charge in [0, 0.05) is 6.26 Å². The Morgan fingerprint density at radius 3 is 2.25 bits per heavy atom. The molecule has 0 aromatic carbocycles. The number of sulfone groups is 1. The minimum absolute atomic E-state index is 0.286. The molecule has 0 radical (unpaired) electrons. The molecule has 12 heavy (non-hydrogen) atoms. The van der Waals surface area contributed by atoms with Crippen LogP contribution in [0.1, 0.15) is 19.3 Å². The van der Waals surface area contributed by atoms with E-state index in [1.807, 2.05) is 0 Å². The first-order valence-corrected chi connectivity index (χ1v) is 5.78. The van der Waals surface area contributed by atoms with E-state index in [9.17, 15) is 13.2 Å². The lowest BCUT2D eigenvalue weighted by Crippen LogP contribution is -2.18. The maximum atomic E-state index is 11.0. The van der Waals surface area contributed by atoms with Crippen LogP contribution < -0.4 is 0 Å². The number of carboxylic acid groups (broad SMARTS) is 1. The van der Waals surface area contributed by atoms with E-state index in [1.54, 1.807) is 0 Å². The Bertz CT molecular complexity index is 280. The molecule has 0 bridgehead atoms. The molecule has 1 fully saturated rings. The van der Waals surface area contributed by atoms with Gasteiger partial charge in [-0.1, -0.05) is 0 Å². The van der Waals surface area contributed by atoms with E-state index in [-0.39, 0.29) is 6.42 Å². The molecule has 70 valence electrons. The number of carbonyl (C=O) groups is 1. The molecule has 2 atom stereocenters. The minimum Gasteiger partial charge on any atom is -0.481 e. The third kappa shape index (κ3) is 1.97. The van der Waals surface area contributed by atoms with E-state index >= 15 is 0 Å². The fourth-order valence-electron chi connectivity index (χ4n) is 1.55. The molecule has 4 nitrogen and oxygen atoms in total. The molecule has 1 rings (SSSR count). The van der Waals surface area contributed by atoms with Gasteiger partial charge in [-0.25, -0.2) is 8.42 Å². The van der Waals surface area contributed by atoms with Crippen LogP contribution in [0.4, 0.5) is 0 Å². The van der Waals surface area contributed by atoms with Crippen molar-refractivity contribution in [2.24, 2.45) is 5.92 Å². The van der Waals surface area contributed by atoms with Crippen LogP contribution in [0.3, 0.4) is 0 Å². The van der Waals surface area contributed by atoms with E-state index in [0.717, 1.165) is 0 Å². The van der Waals surface area contributed by atoms with E-state index in [1.165, 1.54) is 6.26 Å². The van der Waals surface area contributed by atoms with Crippen molar-refractivity contribution < 1.29 is 18.3 Å². The molecule has 0 heterocycles. The van der Waals surface area contributed by atoms with Crippen LogP contribution in [0.25, 0.3) is 0 Å². The van der Waals surface area contributed by atoms with E-state index in [0.29, 0.717) is 12.8 Å². The van der Waals surface area contributed by atoms with Crippen molar-refractivity contribution in [2.75, 3.05) is 6.26 Å².